The van der Waals surface area contributed by atoms with Gasteiger partial charge in [-0.3, -0.25) is 0 Å². The van der Waals surface area contributed by atoms with Gasteiger partial charge in [-0.1, -0.05) is 6.07 Å². The number of aryl methyl sites for hydroxylation is 1. The molecule has 0 saturated carbocycles. The van der Waals surface area contributed by atoms with Gasteiger partial charge in [-0.05, 0) is 49.4 Å². The van der Waals surface area contributed by atoms with Gasteiger partial charge in [-0.15, -0.1) is 0 Å². The quantitative estimate of drug-likeness (QED) is 0.899. The van der Waals surface area contributed by atoms with Crippen molar-refractivity contribution in [1.29, 1.82) is 0 Å². The normalized spacial score (nSPS) is 12.6. The Kier molecular flexibility index (Phi) is 4.35. The maximum absolute atomic E-state index is 13.5. The van der Waals surface area contributed by atoms with E-state index in [1.165, 1.54) is 12.1 Å². The fourth-order valence-corrected chi connectivity index (χ4v) is 2.17. The molecule has 0 spiro atoms. The van der Waals surface area contributed by atoms with Crippen molar-refractivity contribution >= 4 is 0 Å². The number of hydrogen-bond donors (Lipinski definition) is 1. The summed E-state index contributed by atoms with van der Waals surface area (Å²) >= 11 is 0. The highest BCUT2D eigenvalue weighted by Gasteiger charge is 2.17. The first kappa shape index (κ1) is 13.8. The molecule has 3 nitrogen and oxygen atoms in total. The molecule has 1 atom stereocenters. The average Bonchev–Trinajstić information content (AvgIpc) is 2.78. The van der Waals surface area contributed by atoms with E-state index >= 15 is 0 Å². The summed E-state index contributed by atoms with van der Waals surface area (Å²) in [7, 11) is 3.44. The predicted octanol–water partition coefficient (Wildman–Crippen LogP) is 3.18. The van der Waals surface area contributed by atoms with E-state index in [4.69, 9.17) is 9.15 Å². The van der Waals surface area contributed by atoms with Crippen molar-refractivity contribution < 1.29 is 13.5 Å². The Morgan fingerprint density at radius 2 is 2.11 bits per heavy atom. The van der Waals surface area contributed by atoms with Crippen LogP contribution in [0.25, 0.3) is 0 Å². The molecule has 1 N–H and O–H groups in total. The molecule has 1 unspecified atom stereocenters. The molecule has 0 radical (unpaired) electrons. The molecule has 102 valence electrons. The number of halogens is 1. The van der Waals surface area contributed by atoms with Crippen molar-refractivity contribution in [3.8, 4) is 0 Å². The molecule has 1 aromatic carbocycles. The summed E-state index contributed by atoms with van der Waals surface area (Å²) in [4.78, 5) is 0. The molecule has 0 fully saturated rings. The molecule has 2 rings (SSSR count). The minimum atomic E-state index is -0.237. The molecule has 0 saturated heterocycles. The van der Waals surface area contributed by atoms with E-state index in [9.17, 15) is 4.39 Å². The third kappa shape index (κ3) is 3.22. The summed E-state index contributed by atoms with van der Waals surface area (Å²) in [6, 6.07) is 8.56. The molecule has 0 bridgehead atoms. The molecule has 19 heavy (non-hydrogen) atoms. The van der Waals surface area contributed by atoms with Crippen molar-refractivity contribution in [2.45, 2.75) is 19.6 Å². The van der Waals surface area contributed by atoms with Crippen molar-refractivity contribution in [3.05, 3.63) is 58.8 Å². The van der Waals surface area contributed by atoms with Crippen LogP contribution in [0.5, 0.6) is 0 Å². The van der Waals surface area contributed by atoms with Gasteiger partial charge in [0.2, 0.25) is 0 Å². The zero-order valence-electron chi connectivity index (χ0n) is 11.4. The van der Waals surface area contributed by atoms with Crippen LogP contribution in [0.2, 0.25) is 0 Å². The zero-order chi connectivity index (χ0) is 13.8. The molecular formula is C15H18FNO2. The van der Waals surface area contributed by atoms with Gasteiger partial charge < -0.3 is 14.5 Å². The van der Waals surface area contributed by atoms with Crippen LogP contribution in [-0.4, -0.2) is 14.2 Å². The van der Waals surface area contributed by atoms with Crippen LogP contribution in [0.15, 0.2) is 34.7 Å². The molecule has 1 heterocycles. The third-order valence-electron chi connectivity index (χ3n) is 2.94. The second-order valence-electron chi connectivity index (χ2n) is 4.52. The Balaban J connectivity index is 2.32. The summed E-state index contributed by atoms with van der Waals surface area (Å²) in [5.74, 6) is 1.27. The van der Waals surface area contributed by atoms with Gasteiger partial charge in [0.25, 0.3) is 0 Å². The number of methoxy groups -OCH3 is 1. The van der Waals surface area contributed by atoms with Gasteiger partial charge >= 0.3 is 0 Å². The first-order valence-corrected chi connectivity index (χ1v) is 6.16. The molecular weight excluding hydrogens is 245 g/mol. The summed E-state index contributed by atoms with van der Waals surface area (Å²) in [5, 5.41) is 3.14. The maximum Gasteiger partial charge on any atom is 0.129 e. The third-order valence-corrected chi connectivity index (χ3v) is 2.94. The van der Waals surface area contributed by atoms with E-state index in [1.54, 1.807) is 7.11 Å². The molecule has 0 aliphatic carbocycles. The lowest BCUT2D eigenvalue weighted by atomic mass is 10.0. The highest BCUT2D eigenvalue weighted by molar-refractivity contribution is 5.31. The summed E-state index contributed by atoms with van der Waals surface area (Å²) in [5.41, 5.74) is 1.73. The van der Waals surface area contributed by atoms with Crippen LogP contribution in [0, 0.1) is 12.7 Å². The van der Waals surface area contributed by atoms with Gasteiger partial charge in [0, 0.05) is 7.11 Å². The topological polar surface area (TPSA) is 34.4 Å². The SMILES string of the molecule is CNC(c1cc(C)cc(F)c1)c1ccc(COC)o1. The van der Waals surface area contributed by atoms with Gasteiger partial charge in [-0.2, -0.15) is 0 Å². The molecule has 1 aromatic heterocycles. The number of ether oxygens (including phenoxy) is 1. The Bertz CT molecular complexity index is 531. The van der Waals surface area contributed by atoms with Crippen molar-refractivity contribution in [3.63, 3.8) is 0 Å². The largest absolute Gasteiger partial charge is 0.462 e. The number of nitrogens with one attached hydrogen (secondary N) is 1. The Hall–Kier alpha value is -1.65. The van der Waals surface area contributed by atoms with Crippen molar-refractivity contribution in [2.24, 2.45) is 0 Å². The van der Waals surface area contributed by atoms with Crippen molar-refractivity contribution in [1.82, 2.24) is 5.32 Å². The molecule has 0 aliphatic heterocycles. The lowest BCUT2D eigenvalue weighted by molar-refractivity contribution is 0.162. The lowest BCUT2D eigenvalue weighted by Crippen LogP contribution is -2.17. The average molecular weight is 263 g/mol. The minimum Gasteiger partial charge on any atom is -0.462 e. The van der Waals surface area contributed by atoms with E-state index in [-0.39, 0.29) is 11.9 Å². The number of benzene rings is 1. The van der Waals surface area contributed by atoms with Crippen LogP contribution in [0.1, 0.15) is 28.7 Å². The Labute approximate surface area is 112 Å². The molecule has 4 heteroatoms. The zero-order valence-corrected chi connectivity index (χ0v) is 11.4. The van der Waals surface area contributed by atoms with Crippen LogP contribution < -0.4 is 5.32 Å². The predicted molar refractivity (Wildman–Crippen MR) is 71.5 cm³/mol. The summed E-state index contributed by atoms with van der Waals surface area (Å²) < 4.78 is 24.2. The maximum atomic E-state index is 13.5. The monoisotopic (exact) mass is 263 g/mol. The smallest absolute Gasteiger partial charge is 0.129 e. The van der Waals surface area contributed by atoms with E-state index in [0.717, 1.165) is 22.6 Å². The number of hydrogen-bond acceptors (Lipinski definition) is 3. The van der Waals surface area contributed by atoms with E-state index in [2.05, 4.69) is 5.32 Å². The standard InChI is InChI=1S/C15H18FNO2/c1-10-6-11(8-12(16)7-10)15(17-2)14-5-4-13(19-14)9-18-3/h4-8,15,17H,9H2,1-3H3. The van der Waals surface area contributed by atoms with Gasteiger partial charge in [0.1, 0.15) is 23.9 Å². The highest BCUT2D eigenvalue weighted by atomic mass is 19.1. The van der Waals surface area contributed by atoms with Crippen LogP contribution in [0.4, 0.5) is 4.39 Å². The Morgan fingerprint density at radius 3 is 2.74 bits per heavy atom. The first-order chi connectivity index (χ1) is 9.13. The molecule has 0 amide bonds. The lowest BCUT2D eigenvalue weighted by Gasteiger charge is -2.15. The number of furan rings is 1. The van der Waals surface area contributed by atoms with Gasteiger partial charge in [-0.25, -0.2) is 4.39 Å². The highest BCUT2D eigenvalue weighted by Crippen LogP contribution is 2.25. The number of rotatable bonds is 5. The van der Waals surface area contributed by atoms with E-state index in [0.29, 0.717) is 6.61 Å². The van der Waals surface area contributed by atoms with Crippen molar-refractivity contribution in [2.75, 3.05) is 14.2 Å². The Morgan fingerprint density at radius 1 is 1.32 bits per heavy atom. The van der Waals surface area contributed by atoms with E-state index < -0.39 is 0 Å². The van der Waals surface area contributed by atoms with Crippen LogP contribution >= 0.6 is 0 Å². The second kappa shape index (κ2) is 5.99. The van der Waals surface area contributed by atoms with Crippen LogP contribution in [0.3, 0.4) is 0 Å². The van der Waals surface area contributed by atoms with Gasteiger partial charge in [0.05, 0.1) is 6.04 Å². The van der Waals surface area contributed by atoms with Crippen LogP contribution in [-0.2, 0) is 11.3 Å². The van der Waals surface area contributed by atoms with E-state index in [1.807, 2.05) is 32.2 Å². The molecule has 0 aliphatic rings. The molecule has 2 aromatic rings. The van der Waals surface area contributed by atoms with Gasteiger partial charge in [0.15, 0.2) is 0 Å². The fraction of sp³-hybridized carbons (Fsp3) is 0.333. The summed E-state index contributed by atoms with van der Waals surface area (Å²) in [6.45, 7) is 2.30. The fourth-order valence-electron chi connectivity index (χ4n) is 2.17. The summed E-state index contributed by atoms with van der Waals surface area (Å²) in [6.07, 6.45) is 0. The minimum absolute atomic E-state index is 0.167. The first-order valence-electron chi connectivity index (χ1n) is 6.16. The second-order valence-corrected chi connectivity index (χ2v) is 4.52.